The van der Waals surface area contributed by atoms with E-state index in [1.54, 1.807) is 10.5 Å². The van der Waals surface area contributed by atoms with Crippen molar-refractivity contribution < 1.29 is 13.2 Å². The molecule has 0 amide bonds. The summed E-state index contributed by atoms with van der Waals surface area (Å²) in [4.78, 5) is 19.2. The molecule has 148 valence electrons. The number of carbonyl (C=O) groups is 1. The van der Waals surface area contributed by atoms with Crippen LogP contribution in [0, 0.1) is 16.7 Å². The summed E-state index contributed by atoms with van der Waals surface area (Å²) < 4.78 is 28.9. The minimum atomic E-state index is -3.47. The molecule has 0 N–H and O–H groups in total. The molecule has 2 bridgehead atoms. The van der Waals surface area contributed by atoms with Crippen LogP contribution in [-0.4, -0.2) is 55.4 Å². The fourth-order valence-corrected chi connectivity index (χ4v) is 7.70. The first-order valence-electron chi connectivity index (χ1n) is 9.53. The van der Waals surface area contributed by atoms with Crippen LogP contribution < -0.4 is 4.90 Å². The van der Waals surface area contributed by atoms with Crippen LogP contribution >= 0.6 is 15.9 Å². The Kier molecular flexibility index (Phi) is 4.67. The van der Waals surface area contributed by atoms with Crippen LogP contribution in [0.1, 0.15) is 33.1 Å². The van der Waals surface area contributed by atoms with Crippen molar-refractivity contribution in [1.29, 1.82) is 0 Å². The third-order valence-electron chi connectivity index (χ3n) is 7.24. The van der Waals surface area contributed by atoms with Gasteiger partial charge in [-0.15, -0.1) is 0 Å². The quantitative estimate of drug-likeness (QED) is 0.697. The second-order valence-electron chi connectivity index (χ2n) is 8.64. The standard InChI is InChI=1S/C19H26BrN3O3S/c1-18(2)14-5-6-19(18,16(24)11-14)13-27(25,26)23-9-7-22(8-10-23)17-4-3-15(20)12-21-17/h3-4,12,14H,5-11,13H2,1-2H3/t14-,19+/m1/s1. The van der Waals surface area contributed by atoms with E-state index in [-0.39, 0.29) is 17.0 Å². The number of piperazine rings is 1. The molecule has 0 spiro atoms. The number of fused-ring (bicyclic) bond motifs is 2. The van der Waals surface area contributed by atoms with Gasteiger partial charge in [0.05, 0.1) is 5.75 Å². The molecule has 1 aliphatic heterocycles. The Morgan fingerprint density at radius 1 is 1.22 bits per heavy atom. The Morgan fingerprint density at radius 3 is 2.44 bits per heavy atom. The topological polar surface area (TPSA) is 70.6 Å². The molecule has 27 heavy (non-hydrogen) atoms. The number of carbonyl (C=O) groups excluding carboxylic acids is 1. The van der Waals surface area contributed by atoms with Gasteiger partial charge in [0.25, 0.3) is 0 Å². The van der Waals surface area contributed by atoms with Crippen LogP contribution in [-0.2, 0) is 14.8 Å². The Morgan fingerprint density at radius 2 is 1.93 bits per heavy atom. The van der Waals surface area contributed by atoms with Gasteiger partial charge in [-0.2, -0.15) is 4.31 Å². The molecule has 2 saturated carbocycles. The third-order valence-corrected chi connectivity index (χ3v) is 9.71. The maximum absolute atomic E-state index is 13.2. The third kappa shape index (κ3) is 3.04. The highest BCUT2D eigenvalue weighted by Gasteiger charge is 2.65. The van der Waals surface area contributed by atoms with Gasteiger partial charge in [0, 0.05) is 48.7 Å². The Balaban J connectivity index is 1.46. The van der Waals surface area contributed by atoms with Gasteiger partial charge in [0.15, 0.2) is 0 Å². The molecular weight excluding hydrogens is 430 g/mol. The number of rotatable bonds is 4. The van der Waals surface area contributed by atoms with E-state index in [4.69, 9.17) is 0 Å². The van der Waals surface area contributed by atoms with Crippen LogP contribution in [0.3, 0.4) is 0 Å². The predicted molar refractivity (Wildman–Crippen MR) is 108 cm³/mol. The van der Waals surface area contributed by atoms with Crippen molar-refractivity contribution in [3.8, 4) is 0 Å². The molecule has 1 aromatic rings. The van der Waals surface area contributed by atoms with Crippen LogP contribution in [0.15, 0.2) is 22.8 Å². The molecule has 8 heteroatoms. The summed E-state index contributed by atoms with van der Waals surface area (Å²) in [6.45, 7) is 6.27. The predicted octanol–water partition coefficient (Wildman–Crippen LogP) is 2.69. The van der Waals surface area contributed by atoms with Gasteiger partial charge in [0.1, 0.15) is 11.6 Å². The highest BCUT2D eigenvalue weighted by atomic mass is 79.9. The number of anilines is 1. The minimum Gasteiger partial charge on any atom is -0.354 e. The van der Waals surface area contributed by atoms with Crippen molar-refractivity contribution in [3.63, 3.8) is 0 Å². The maximum Gasteiger partial charge on any atom is 0.215 e. The monoisotopic (exact) mass is 455 g/mol. The number of pyridine rings is 1. The summed E-state index contributed by atoms with van der Waals surface area (Å²) in [5.41, 5.74) is -0.915. The van der Waals surface area contributed by atoms with E-state index < -0.39 is 15.4 Å². The smallest absolute Gasteiger partial charge is 0.215 e. The fraction of sp³-hybridized carbons (Fsp3) is 0.684. The summed E-state index contributed by atoms with van der Waals surface area (Å²) in [7, 11) is -3.47. The van der Waals surface area contributed by atoms with E-state index in [0.29, 0.717) is 44.9 Å². The lowest BCUT2D eigenvalue weighted by Crippen LogP contribution is -2.53. The Labute approximate surface area is 169 Å². The SMILES string of the molecule is CC1(C)[C@@H]2CC[C@]1(CS(=O)(=O)N1CCN(c3ccc(Br)cn3)CC1)C(=O)C2. The molecule has 1 saturated heterocycles. The first kappa shape index (κ1) is 19.3. The zero-order valence-electron chi connectivity index (χ0n) is 15.8. The van der Waals surface area contributed by atoms with Gasteiger partial charge in [-0.25, -0.2) is 13.4 Å². The van der Waals surface area contributed by atoms with E-state index in [1.807, 2.05) is 12.1 Å². The molecule has 0 unspecified atom stereocenters. The number of nitrogens with zero attached hydrogens (tertiary/aromatic N) is 3. The average Bonchev–Trinajstić information content (AvgIpc) is 2.96. The molecule has 4 rings (SSSR count). The highest BCUT2D eigenvalue weighted by Crippen LogP contribution is 2.64. The zero-order chi connectivity index (χ0) is 19.4. The summed E-state index contributed by atoms with van der Waals surface area (Å²) >= 11 is 3.38. The van der Waals surface area contributed by atoms with Crippen LogP contribution in [0.25, 0.3) is 0 Å². The molecule has 1 aromatic heterocycles. The van der Waals surface area contributed by atoms with Gasteiger partial charge < -0.3 is 4.90 Å². The van der Waals surface area contributed by atoms with Crippen molar-refractivity contribution >= 4 is 37.6 Å². The molecule has 6 nitrogen and oxygen atoms in total. The number of sulfonamides is 1. The Hall–Kier alpha value is -0.990. The van der Waals surface area contributed by atoms with E-state index in [0.717, 1.165) is 16.7 Å². The number of Topliss-reactive ketones (excluding diaryl/α,β-unsaturated/α-hetero) is 1. The minimum absolute atomic E-state index is 0.0289. The van der Waals surface area contributed by atoms with Crippen molar-refractivity contribution in [2.75, 3.05) is 36.8 Å². The van der Waals surface area contributed by atoms with E-state index in [2.05, 4.69) is 39.7 Å². The molecule has 3 fully saturated rings. The molecule has 0 aromatic carbocycles. The summed E-state index contributed by atoms with van der Waals surface area (Å²) in [5.74, 6) is 1.32. The van der Waals surface area contributed by atoms with Gasteiger partial charge in [-0.3, -0.25) is 4.79 Å². The fourth-order valence-electron chi connectivity index (χ4n) is 5.26. The lowest BCUT2D eigenvalue weighted by Gasteiger charge is -2.40. The van der Waals surface area contributed by atoms with Crippen molar-refractivity contribution in [2.45, 2.75) is 33.1 Å². The Bertz CT molecular complexity index is 847. The van der Waals surface area contributed by atoms with Gasteiger partial charge in [-0.1, -0.05) is 13.8 Å². The molecule has 3 aliphatic rings. The number of hydrogen-bond donors (Lipinski definition) is 0. The van der Waals surface area contributed by atoms with Crippen LogP contribution in [0.4, 0.5) is 5.82 Å². The molecule has 2 heterocycles. The van der Waals surface area contributed by atoms with Gasteiger partial charge in [0.2, 0.25) is 10.0 Å². The van der Waals surface area contributed by atoms with Gasteiger partial charge >= 0.3 is 0 Å². The van der Waals surface area contributed by atoms with E-state index in [1.165, 1.54) is 0 Å². The largest absolute Gasteiger partial charge is 0.354 e. The maximum atomic E-state index is 13.2. The molecule has 0 radical (unpaired) electrons. The number of aromatic nitrogens is 1. The molecule has 2 atom stereocenters. The normalized spacial score (nSPS) is 30.9. The lowest BCUT2D eigenvalue weighted by atomic mass is 9.70. The summed E-state index contributed by atoms with van der Waals surface area (Å²) in [5, 5.41) is 0. The number of hydrogen-bond acceptors (Lipinski definition) is 5. The average molecular weight is 456 g/mol. The number of ketones is 1. The van der Waals surface area contributed by atoms with Crippen LogP contribution in [0.2, 0.25) is 0 Å². The number of halogens is 1. The molecular formula is C19H26BrN3O3S. The highest BCUT2D eigenvalue weighted by molar-refractivity contribution is 9.10. The van der Waals surface area contributed by atoms with Crippen LogP contribution in [0.5, 0.6) is 0 Å². The van der Waals surface area contributed by atoms with Crippen molar-refractivity contribution in [3.05, 3.63) is 22.8 Å². The second-order valence-corrected chi connectivity index (χ2v) is 11.5. The first-order chi connectivity index (χ1) is 12.7. The van der Waals surface area contributed by atoms with Crippen molar-refractivity contribution in [1.82, 2.24) is 9.29 Å². The zero-order valence-corrected chi connectivity index (χ0v) is 18.2. The first-order valence-corrected chi connectivity index (χ1v) is 11.9. The van der Waals surface area contributed by atoms with Crippen molar-refractivity contribution in [2.24, 2.45) is 16.7 Å². The van der Waals surface area contributed by atoms with E-state index in [9.17, 15) is 13.2 Å². The lowest BCUT2D eigenvalue weighted by molar-refractivity contribution is -0.128. The summed E-state index contributed by atoms with van der Waals surface area (Å²) in [6, 6.07) is 3.88. The second kappa shape index (κ2) is 6.52. The summed E-state index contributed by atoms with van der Waals surface area (Å²) in [6.07, 6.45) is 3.98. The van der Waals surface area contributed by atoms with E-state index >= 15 is 0 Å². The van der Waals surface area contributed by atoms with Gasteiger partial charge in [-0.05, 0) is 52.2 Å². The molecule has 2 aliphatic carbocycles.